The molecule has 72 valence electrons. The number of piperidine rings is 1. The van der Waals surface area contributed by atoms with Crippen LogP contribution in [-0.4, -0.2) is 35.8 Å². The van der Waals surface area contributed by atoms with Crippen molar-refractivity contribution < 1.29 is 44.3 Å². The Labute approximate surface area is 105 Å². The van der Waals surface area contributed by atoms with E-state index in [1.54, 1.807) is 0 Å². The first-order chi connectivity index (χ1) is 6.11. The smallest absolute Gasteiger partial charge is 0.549 e. The first kappa shape index (κ1) is 12.2. The molecule has 0 amide bonds. The molecule has 0 aliphatic carbocycles. The van der Waals surface area contributed by atoms with E-state index in [4.69, 9.17) is 0 Å². The largest absolute Gasteiger partial charge is 1.00 e. The van der Waals surface area contributed by atoms with Crippen LogP contribution in [0, 0.1) is 5.92 Å². The summed E-state index contributed by atoms with van der Waals surface area (Å²) >= 11 is 0. The second-order valence-corrected chi connectivity index (χ2v) is 3.93. The summed E-state index contributed by atoms with van der Waals surface area (Å²) in [5.41, 5.74) is 0. The topological polar surface area (TPSA) is 60.4 Å². The summed E-state index contributed by atoms with van der Waals surface area (Å²) in [6.45, 7) is 0. The molecule has 0 saturated carbocycles. The van der Waals surface area contributed by atoms with Gasteiger partial charge in [0, 0.05) is 18.5 Å². The molecule has 2 aliphatic rings. The minimum atomic E-state index is -1.21. The maximum Gasteiger partial charge on any atom is 1.00 e. The molecule has 2 bridgehead atoms. The van der Waals surface area contributed by atoms with Gasteiger partial charge in [0.05, 0.1) is 11.9 Å². The normalized spacial score (nSPS) is 36.6. The van der Waals surface area contributed by atoms with Crippen molar-refractivity contribution in [1.82, 2.24) is 4.90 Å². The fourth-order valence-electron chi connectivity index (χ4n) is 2.55. The van der Waals surface area contributed by atoms with Crippen LogP contribution >= 0.6 is 0 Å². The summed E-state index contributed by atoms with van der Waals surface area (Å²) in [4.78, 5) is 24.1. The van der Waals surface area contributed by atoms with Crippen LogP contribution in [0.3, 0.4) is 0 Å². The van der Waals surface area contributed by atoms with Crippen molar-refractivity contribution in [3.05, 3.63) is 0 Å². The van der Waals surface area contributed by atoms with Gasteiger partial charge in [0.25, 0.3) is 0 Å². The maximum atomic E-state index is 11.4. The van der Waals surface area contributed by atoms with Crippen LogP contribution < -0.4 is 34.7 Å². The number of ketones is 1. The summed E-state index contributed by atoms with van der Waals surface area (Å²) in [7, 11) is 1.89. The van der Waals surface area contributed by atoms with Gasteiger partial charge in [0.1, 0.15) is 5.78 Å². The molecule has 14 heavy (non-hydrogen) atoms. The van der Waals surface area contributed by atoms with E-state index in [1.807, 2.05) is 11.9 Å². The first-order valence-corrected chi connectivity index (χ1v) is 4.56. The Hall–Kier alpha value is 0.1000. The average Bonchev–Trinajstić information content (AvgIpc) is 2.34. The van der Waals surface area contributed by atoms with E-state index in [2.05, 4.69) is 0 Å². The van der Waals surface area contributed by atoms with Gasteiger partial charge in [-0.15, -0.1) is 0 Å². The molecule has 0 aromatic carbocycles. The van der Waals surface area contributed by atoms with Crippen LogP contribution in [0.4, 0.5) is 0 Å². The van der Waals surface area contributed by atoms with Crippen molar-refractivity contribution in [3.63, 3.8) is 0 Å². The molecule has 0 aromatic rings. The van der Waals surface area contributed by atoms with Crippen LogP contribution in [0.25, 0.3) is 0 Å². The zero-order valence-electron chi connectivity index (χ0n) is 8.53. The number of carbonyl (C=O) groups excluding carboxylic acids is 2. The summed E-state index contributed by atoms with van der Waals surface area (Å²) < 4.78 is 0. The summed E-state index contributed by atoms with van der Waals surface area (Å²) in [5, 5.41) is 10.7. The number of rotatable bonds is 1. The number of carboxylic acid groups (broad SMARTS) is 1. The van der Waals surface area contributed by atoms with Crippen molar-refractivity contribution in [1.29, 1.82) is 0 Å². The zero-order valence-corrected chi connectivity index (χ0v) is 10.5. The number of nitrogens with zero attached hydrogens (tertiary/aromatic N) is 1. The summed E-state index contributed by atoms with van der Waals surface area (Å²) in [5.74, 6) is -2.24. The fraction of sp³-hybridized carbons (Fsp3) is 0.778. The van der Waals surface area contributed by atoms with Crippen molar-refractivity contribution in [2.24, 2.45) is 5.92 Å². The Morgan fingerprint density at radius 3 is 2.71 bits per heavy atom. The van der Waals surface area contributed by atoms with Gasteiger partial charge < -0.3 is 9.90 Å². The molecule has 2 rings (SSSR count). The monoisotopic (exact) mass is 205 g/mol. The number of carbonyl (C=O) groups is 2. The maximum absolute atomic E-state index is 11.4. The molecule has 0 spiro atoms. The van der Waals surface area contributed by atoms with Crippen molar-refractivity contribution in [2.45, 2.75) is 31.3 Å². The van der Waals surface area contributed by atoms with E-state index in [-0.39, 0.29) is 47.4 Å². The van der Waals surface area contributed by atoms with Gasteiger partial charge in [-0.05, 0) is 19.9 Å². The van der Waals surface area contributed by atoms with Crippen LogP contribution in [-0.2, 0) is 9.59 Å². The molecule has 2 fully saturated rings. The number of aliphatic carboxylic acids is 1. The number of fused-ring (bicyclic) bond motifs is 2. The van der Waals surface area contributed by atoms with Crippen molar-refractivity contribution >= 4 is 11.8 Å². The van der Waals surface area contributed by atoms with Gasteiger partial charge in [-0.25, -0.2) is 0 Å². The number of hydrogen-bond donors (Lipinski definition) is 0. The predicted molar refractivity (Wildman–Crippen MR) is 42.7 cm³/mol. The third kappa shape index (κ3) is 1.76. The molecular weight excluding hydrogens is 193 g/mol. The minimum absolute atomic E-state index is 0. The predicted octanol–water partition coefficient (Wildman–Crippen LogP) is -4.21. The van der Waals surface area contributed by atoms with Gasteiger partial charge in [-0.1, -0.05) is 0 Å². The standard InChI is InChI=1S/C9H13NO3.Na/c1-10-5-2-3-6(10)8(9(12)13)7(11)4-5;/h5-6,8H,2-4H2,1H3,(H,12,13);/q;+1/p-1. The van der Waals surface area contributed by atoms with E-state index >= 15 is 0 Å². The van der Waals surface area contributed by atoms with Gasteiger partial charge >= 0.3 is 29.6 Å². The Balaban J connectivity index is 0.000000980. The van der Waals surface area contributed by atoms with Gasteiger partial charge in [0.15, 0.2) is 0 Å². The van der Waals surface area contributed by atoms with Crippen LogP contribution in [0.2, 0.25) is 0 Å². The molecular formula is C9H12NNaO3. The van der Waals surface area contributed by atoms with Crippen molar-refractivity contribution in [2.75, 3.05) is 7.05 Å². The first-order valence-electron chi connectivity index (χ1n) is 4.56. The molecule has 2 aliphatic heterocycles. The van der Waals surface area contributed by atoms with Crippen LogP contribution in [0.5, 0.6) is 0 Å². The molecule has 3 atom stereocenters. The molecule has 0 radical (unpaired) electrons. The van der Waals surface area contributed by atoms with Crippen LogP contribution in [0.15, 0.2) is 0 Å². The molecule has 0 aromatic heterocycles. The molecule has 4 nitrogen and oxygen atoms in total. The Morgan fingerprint density at radius 1 is 1.50 bits per heavy atom. The number of hydrogen-bond acceptors (Lipinski definition) is 4. The number of carboxylic acids is 1. The second-order valence-electron chi connectivity index (χ2n) is 3.93. The number of Topliss-reactive ketones (excluding diaryl/α,β-unsaturated/α-hetero) is 1. The molecule has 2 saturated heterocycles. The second kappa shape index (κ2) is 4.31. The van der Waals surface area contributed by atoms with Gasteiger partial charge in [-0.2, -0.15) is 0 Å². The molecule has 3 unspecified atom stereocenters. The van der Waals surface area contributed by atoms with Gasteiger partial charge in [0.2, 0.25) is 0 Å². The zero-order chi connectivity index (χ0) is 9.59. The Bertz CT molecular complexity index is 269. The quantitative estimate of drug-likeness (QED) is 0.321. The fourth-order valence-corrected chi connectivity index (χ4v) is 2.55. The summed E-state index contributed by atoms with van der Waals surface area (Å²) in [6, 6.07) is 0.157. The van der Waals surface area contributed by atoms with E-state index in [9.17, 15) is 14.7 Å². The van der Waals surface area contributed by atoms with Gasteiger partial charge in [-0.3, -0.25) is 9.69 Å². The van der Waals surface area contributed by atoms with Crippen molar-refractivity contribution in [3.8, 4) is 0 Å². The minimum Gasteiger partial charge on any atom is -0.549 e. The summed E-state index contributed by atoms with van der Waals surface area (Å²) in [6.07, 6.45) is 2.13. The third-order valence-electron chi connectivity index (χ3n) is 3.32. The third-order valence-corrected chi connectivity index (χ3v) is 3.32. The molecule has 5 heteroatoms. The Morgan fingerprint density at radius 2 is 2.14 bits per heavy atom. The Kier molecular flexibility index (Phi) is 3.75. The van der Waals surface area contributed by atoms with E-state index in [0.29, 0.717) is 6.42 Å². The van der Waals surface area contributed by atoms with E-state index in [0.717, 1.165) is 12.8 Å². The average molecular weight is 205 g/mol. The molecule has 2 heterocycles. The molecule has 0 N–H and O–H groups in total. The van der Waals surface area contributed by atoms with E-state index < -0.39 is 11.9 Å². The van der Waals surface area contributed by atoms with Crippen LogP contribution in [0.1, 0.15) is 19.3 Å². The van der Waals surface area contributed by atoms with E-state index in [1.165, 1.54) is 0 Å². The SMILES string of the molecule is CN1C2CCC1C(C(=O)[O-])C(=O)C2.[Na+].